The van der Waals surface area contributed by atoms with Gasteiger partial charge in [-0.15, -0.1) is 12.4 Å². The maximum Gasteiger partial charge on any atom is 0.249 e. The van der Waals surface area contributed by atoms with Gasteiger partial charge >= 0.3 is 0 Å². The predicted octanol–water partition coefficient (Wildman–Crippen LogP) is 0.347. The van der Waals surface area contributed by atoms with Crippen molar-refractivity contribution >= 4 is 12.4 Å². The molecule has 0 aromatic carbocycles. The van der Waals surface area contributed by atoms with Crippen LogP contribution >= 0.6 is 12.4 Å². The number of hydrogen-bond donors (Lipinski definition) is 2. The van der Waals surface area contributed by atoms with Gasteiger partial charge in [-0.05, 0) is 20.9 Å². The lowest BCUT2D eigenvalue weighted by Crippen LogP contribution is -2.49. The molecule has 0 aliphatic heterocycles. The molecule has 0 aromatic rings. The smallest absolute Gasteiger partial charge is 0.249 e. The minimum Gasteiger partial charge on any atom is -0.375 e. The average molecular weight is 200 g/mol. The van der Waals surface area contributed by atoms with E-state index < -0.39 is 5.91 Å². The third-order valence-corrected chi connectivity index (χ3v) is 1.28. The molecule has 0 saturated heterocycles. The first-order chi connectivity index (χ1) is 5.18. The fraction of sp³-hybridized carbons (Fsp3) is 1.00. The number of halogens is 1. The number of aliphatic hydroxyl groups is 1. The third-order valence-electron chi connectivity index (χ3n) is 1.28. The molecule has 0 rings (SSSR count). The molecule has 0 radical (unpaired) electrons. The first-order valence-corrected chi connectivity index (χ1v) is 3.81. The van der Waals surface area contributed by atoms with Crippen LogP contribution in [0.2, 0.25) is 0 Å². The standard InChI is InChI=1S/C7H17NO3.ClH/c1-4-10-6-7(9,8-3)11-5-2;/h8-9H,4-6H2,1-3H3;1H. The van der Waals surface area contributed by atoms with Gasteiger partial charge in [0.05, 0.1) is 0 Å². The van der Waals surface area contributed by atoms with Gasteiger partial charge in [0, 0.05) is 13.2 Å². The van der Waals surface area contributed by atoms with Gasteiger partial charge < -0.3 is 14.6 Å². The molecule has 12 heavy (non-hydrogen) atoms. The highest BCUT2D eigenvalue weighted by Crippen LogP contribution is 2.01. The van der Waals surface area contributed by atoms with Crippen LogP contribution in [-0.4, -0.2) is 37.9 Å². The quantitative estimate of drug-likeness (QED) is 0.606. The van der Waals surface area contributed by atoms with E-state index in [4.69, 9.17) is 9.47 Å². The highest BCUT2D eigenvalue weighted by molar-refractivity contribution is 5.85. The molecule has 0 heterocycles. The number of nitrogens with one attached hydrogen (secondary N) is 1. The largest absolute Gasteiger partial charge is 0.375 e. The first kappa shape index (κ1) is 14.6. The normalized spacial score (nSPS) is 15.0. The summed E-state index contributed by atoms with van der Waals surface area (Å²) >= 11 is 0. The maximum atomic E-state index is 9.49. The van der Waals surface area contributed by atoms with Crippen molar-refractivity contribution in [2.45, 2.75) is 19.8 Å². The molecule has 4 nitrogen and oxygen atoms in total. The van der Waals surface area contributed by atoms with Crippen LogP contribution in [0.25, 0.3) is 0 Å². The van der Waals surface area contributed by atoms with Crippen molar-refractivity contribution in [3.8, 4) is 0 Å². The van der Waals surface area contributed by atoms with Crippen LogP contribution in [-0.2, 0) is 9.47 Å². The monoisotopic (exact) mass is 199 g/mol. The highest BCUT2D eigenvalue weighted by atomic mass is 35.5. The van der Waals surface area contributed by atoms with Crippen LogP contribution < -0.4 is 5.32 Å². The van der Waals surface area contributed by atoms with Crippen molar-refractivity contribution in [1.82, 2.24) is 5.32 Å². The molecule has 0 bridgehead atoms. The molecule has 1 atom stereocenters. The highest BCUT2D eigenvalue weighted by Gasteiger charge is 2.24. The van der Waals surface area contributed by atoms with Crippen molar-refractivity contribution in [2.24, 2.45) is 0 Å². The Bertz CT molecular complexity index is 105. The van der Waals surface area contributed by atoms with Crippen molar-refractivity contribution in [3.63, 3.8) is 0 Å². The number of rotatable bonds is 6. The lowest BCUT2D eigenvalue weighted by atomic mass is 10.5. The van der Waals surface area contributed by atoms with Crippen molar-refractivity contribution in [1.29, 1.82) is 0 Å². The van der Waals surface area contributed by atoms with E-state index in [1.807, 2.05) is 13.8 Å². The van der Waals surface area contributed by atoms with Gasteiger partial charge in [-0.25, -0.2) is 0 Å². The molecule has 1 unspecified atom stereocenters. The SMILES string of the molecule is CCOCC(O)(NC)OCC.Cl. The van der Waals surface area contributed by atoms with Gasteiger partial charge in [-0.3, -0.25) is 5.32 Å². The molecule has 76 valence electrons. The third kappa shape index (κ3) is 5.74. The van der Waals surface area contributed by atoms with Crippen molar-refractivity contribution < 1.29 is 14.6 Å². The predicted molar refractivity (Wildman–Crippen MR) is 49.4 cm³/mol. The van der Waals surface area contributed by atoms with Crippen LogP contribution in [0.4, 0.5) is 0 Å². The topological polar surface area (TPSA) is 50.7 Å². The summed E-state index contributed by atoms with van der Waals surface area (Å²) in [7, 11) is 1.62. The summed E-state index contributed by atoms with van der Waals surface area (Å²) in [6.07, 6.45) is 0. The molecule has 0 fully saturated rings. The maximum absolute atomic E-state index is 9.49. The minimum absolute atomic E-state index is 0. The summed E-state index contributed by atoms with van der Waals surface area (Å²) < 4.78 is 10.0. The second kappa shape index (κ2) is 7.76. The number of ether oxygens (including phenoxy) is 2. The van der Waals surface area contributed by atoms with E-state index in [1.165, 1.54) is 0 Å². The Morgan fingerprint density at radius 3 is 2.25 bits per heavy atom. The molecule has 2 N–H and O–H groups in total. The Balaban J connectivity index is 0. The molecule has 0 aliphatic carbocycles. The average Bonchev–Trinajstić information content (AvgIpc) is 2.02. The molecular weight excluding hydrogens is 182 g/mol. The van der Waals surface area contributed by atoms with E-state index in [-0.39, 0.29) is 19.0 Å². The molecule has 0 spiro atoms. The van der Waals surface area contributed by atoms with Gasteiger partial charge in [0.1, 0.15) is 6.61 Å². The zero-order chi connectivity index (χ0) is 8.74. The Kier molecular flexibility index (Phi) is 9.47. The van der Waals surface area contributed by atoms with E-state index in [9.17, 15) is 5.11 Å². The Morgan fingerprint density at radius 1 is 1.33 bits per heavy atom. The van der Waals surface area contributed by atoms with E-state index in [2.05, 4.69) is 5.32 Å². The summed E-state index contributed by atoms with van der Waals surface area (Å²) in [5.41, 5.74) is 0. The van der Waals surface area contributed by atoms with E-state index in [0.717, 1.165) is 0 Å². The van der Waals surface area contributed by atoms with E-state index >= 15 is 0 Å². The van der Waals surface area contributed by atoms with Crippen molar-refractivity contribution in [2.75, 3.05) is 26.9 Å². The molecule has 0 aliphatic rings. The number of hydrogen-bond acceptors (Lipinski definition) is 4. The Morgan fingerprint density at radius 2 is 1.92 bits per heavy atom. The lowest BCUT2D eigenvalue weighted by molar-refractivity contribution is -0.245. The second-order valence-electron chi connectivity index (χ2n) is 2.10. The van der Waals surface area contributed by atoms with Gasteiger partial charge in [0.25, 0.3) is 0 Å². The zero-order valence-electron chi connectivity index (χ0n) is 7.79. The first-order valence-electron chi connectivity index (χ1n) is 3.81. The molecule has 0 saturated carbocycles. The minimum atomic E-state index is -1.33. The van der Waals surface area contributed by atoms with Gasteiger partial charge in [-0.1, -0.05) is 0 Å². The zero-order valence-corrected chi connectivity index (χ0v) is 8.61. The lowest BCUT2D eigenvalue weighted by Gasteiger charge is -2.26. The van der Waals surface area contributed by atoms with Crippen LogP contribution in [0.1, 0.15) is 13.8 Å². The molecular formula is C7H18ClNO3. The van der Waals surface area contributed by atoms with Crippen LogP contribution in [0.3, 0.4) is 0 Å². The van der Waals surface area contributed by atoms with Crippen molar-refractivity contribution in [3.05, 3.63) is 0 Å². The summed E-state index contributed by atoms with van der Waals surface area (Å²) in [6, 6.07) is 0. The molecule has 5 heteroatoms. The molecule has 0 aromatic heterocycles. The fourth-order valence-corrected chi connectivity index (χ4v) is 0.665. The Labute approximate surface area is 79.7 Å². The van der Waals surface area contributed by atoms with Gasteiger partial charge in [-0.2, -0.15) is 0 Å². The summed E-state index contributed by atoms with van der Waals surface area (Å²) in [4.78, 5) is 0. The second-order valence-corrected chi connectivity index (χ2v) is 2.10. The van der Waals surface area contributed by atoms with Gasteiger partial charge in [0.15, 0.2) is 0 Å². The molecule has 0 amide bonds. The number of likely N-dealkylation sites (N-methyl/N-ethyl adjacent to an activating group) is 1. The summed E-state index contributed by atoms with van der Waals surface area (Å²) in [5.74, 6) is -1.33. The van der Waals surface area contributed by atoms with E-state index in [0.29, 0.717) is 13.2 Å². The summed E-state index contributed by atoms with van der Waals surface area (Å²) in [5, 5.41) is 12.1. The fourth-order valence-electron chi connectivity index (χ4n) is 0.665. The van der Waals surface area contributed by atoms with Crippen LogP contribution in [0.5, 0.6) is 0 Å². The van der Waals surface area contributed by atoms with Crippen LogP contribution in [0.15, 0.2) is 0 Å². The Hall–Kier alpha value is 0.130. The van der Waals surface area contributed by atoms with Gasteiger partial charge in [0.2, 0.25) is 5.91 Å². The summed E-state index contributed by atoms with van der Waals surface area (Å²) in [6.45, 7) is 4.84. The van der Waals surface area contributed by atoms with E-state index in [1.54, 1.807) is 7.05 Å². The van der Waals surface area contributed by atoms with Crippen LogP contribution in [0, 0.1) is 0 Å².